The van der Waals surface area contributed by atoms with E-state index in [0.29, 0.717) is 5.92 Å². The zero-order valence-electron chi connectivity index (χ0n) is 13.7. The molecule has 0 bridgehead atoms. The van der Waals surface area contributed by atoms with Gasteiger partial charge in [0, 0.05) is 0 Å². The van der Waals surface area contributed by atoms with Crippen LogP contribution in [0.1, 0.15) is 73.1 Å². The highest BCUT2D eigenvalue weighted by atomic mass is 16.3. The summed E-state index contributed by atoms with van der Waals surface area (Å²) in [6.07, 6.45) is 13.8. The molecule has 0 aliphatic heterocycles. The van der Waals surface area contributed by atoms with E-state index in [-0.39, 0.29) is 6.10 Å². The highest BCUT2D eigenvalue weighted by Gasteiger charge is 2.01. The highest BCUT2D eigenvalue weighted by molar-refractivity contribution is 4.93. The molecule has 112 valence electrons. The molecule has 1 nitrogen and oxygen atoms in total. The van der Waals surface area contributed by atoms with Crippen LogP contribution in [0, 0.1) is 11.8 Å². The summed E-state index contributed by atoms with van der Waals surface area (Å²) in [6.45, 7) is 10.8. The first kappa shape index (κ1) is 18.4. The molecule has 0 unspecified atom stereocenters. The molecule has 1 heteroatoms. The highest BCUT2D eigenvalue weighted by Crippen LogP contribution is 2.15. The van der Waals surface area contributed by atoms with Gasteiger partial charge in [-0.15, -0.1) is 0 Å². The van der Waals surface area contributed by atoms with Crippen molar-refractivity contribution in [3.8, 4) is 0 Å². The van der Waals surface area contributed by atoms with Crippen LogP contribution in [0.5, 0.6) is 0 Å². The van der Waals surface area contributed by atoms with E-state index in [9.17, 15) is 5.11 Å². The van der Waals surface area contributed by atoms with Gasteiger partial charge in [-0.1, -0.05) is 44.1 Å². The van der Waals surface area contributed by atoms with Crippen molar-refractivity contribution < 1.29 is 5.11 Å². The quantitative estimate of drug-likeness (QED) is 0.517. The summed E-state index contributed by atoms with van der Waals surface area (Å²) < 4.78 is 0. The molecule has 0 radical (unpaired) electrons. The molecule has 0 aromatic heterocycles. The third kappa shape index (κ3) is 13.7. The lowest BCUT2D eigenvalue weighted by Crippen LogP contribution is -2.00. The Morgan fingerprint density at radius 1 is 1.05 bits per heavy atom. The molecule has 0 rings (SSSR count). The lowest BCUT2D eigenvalue weighted by atomic mass is 9.98. The fourth-order valence-corrected chi connectivity index (χ4v) is 2.15. The van der Waals surface area contributed by atoms with E-state index in [1.807, 2.05) is 6.92 Å². The Labute approximate surface area is 120 Å². The number of allylic oxidation sites excluding steroid dienone is 4. The molecule has 3 atom stereocenters. The molecule has 0 aromatic carbocycles. The van der Waals surface area contributed by atoms with Gasteiger partial charge in [0.1, 0.15) is 0 Å². The number of aliphatic hydroxyl groups is 1. The molecule has 0 heterocycles. The van der Waals surface area contributed by atoms with E-state index in [4.69, 9.17) is 0 Å². The van der Waals surface area contributed by atoms with E-state index in [0.717, 1.165) is 18.8 Å². The summed E-state index contributed by atoms with van der Waals surface area (Å²) in [5.41, 5.74) is 1.43. The summed E-state index contributed by atoms with van der Waals surface area (Å²) in [7, 11) is 0. The first-order chi connectivity index (χ1) is 8.91. The van der Waals surface area contributed by atoms with Crippen LogP contribution in [0.15, 0.2) is 23.8 Å². The molecule has 0 saturated heterocycles. The van der Waals surface area contributed by atoms with Gasteiger partial charge >= 0.3 is 0 Å². The lowest BCUT2D eigenvalue weighted by molar-refractivity contribution is 0.179. The minimum atomic E-state index is -0.147. The number of hydrogen-bond acceptors (Lipinski definition) is 1. The van der Waals surface area contributed by atoms with Crippen molar-refractivity contribution in [2.45, 2.75) is 79.2 Å². The monoisotopic (exact) mass is 266 g/mol. The first-order valence-corrected chi connectivity index (χ1v) is 7.90. The van der Waals surface area contributed by atoms with Gasteiger partial charge in [-0.25, -0.2) is 0 Å². The summed E-state index contributed by atoms with van der Waals surface area (Å²) in [4.78, 5) is 0. The SMILES string of the molecule is CC(C)=CCC[C@@H](C)CC=C[C@H](C)CCC[C@@H](C)O. The third-order valence-electron chi connectivity index (χ3n) is 3.50. The second-order valence-electron chi connectivity index (χ2n) is 6.39. The molecular formula is C18H34O. The van der Waals surface area contributed by atoms with Gasteiger partial charge in [-0.2, -0.15) is 0 Å². The van der Waals surface area contributed by atoms with Gasteiger partial charge in [0.05, 0.1) is 6.10 Å². The Morgan fingerprint density at radius 3 is 2.32 bits per heavy atom. The normalized spacial score (nSPS) is 16.3. The van der Waals surface area contributed by atoms with Crippen LogP contribution < -0.4 is 0 Å². The van der Waals surface area contributed by atoms with Crippen molar-refractivity contribution in [1.82, 2.24) is 0 Å². The average Bonchev–Trinajstić information content (AvgIpc) is 2.27. The number of hydrogen-bond donors (Lipinski definition) is 1. The number of rotatable bonds is 10. The topological polar surface area (TPSA) is 20.2 Å². The Balaban J connectivity index is 3.67. The lowest BCUT2D eigenvalue weighted by Gasteiger charge is -2.09. The Kier molecular flexibility index (Phi) is 10.9. The van der Waals surface area contributed by atoms with Crippen LogP contribution in [0.4, 0.5) is 0 Å². The fraction of sp³-hybridized carbons (Fsp3) is 0.778. The van der Waals surface area contributed by atoms with Crippen LogP contribution in [0.3, 0.4) is 0 Å². The summed E-state index contributed by atoms with van der Waals surface area (Å²) in [6, 6.07) is 0. The maximum Gasteiger partial charge on any atom is 0.0512 e. The number of aliphatic hydroxyl groups excluding tert-OH is 1. The zero-order valence-corrected chi connectivity index (χ0v) is 13.7. The molecule has 0 saturated carbocycles. The fourth-order valence-electron chi connectivity index (χ4n) is 2.15. The van der Waals surface area contributed by atoms with Gasteiger partial charge in [0.2, 0.25) is 0 Å². The van der Waals surface area contributed by atoms with Crippen molar-refractivity contribution in [2.24, 2.45) is 11.8 Å². The largest absolute Gasteiger partial charge is 0.393 e. The van der Waals surface area contributed by atoms with Crippen LogP contribution in [-0.4, -0.2) is 11.2 Å². The third-order valence-corrected chi connectivity index (χ3v) is 3.50. The van der Waals surface area contributed by atoms with Gasteiger partial charge in [0.15, 0.2) is 0 Å². The van der Waals surface area contributed by atoms with E-state index in [2.05, 4.69) is 45.9 Å². The second-order valence-corrected chi connectivity index (χ2v) is 6.39. The predicted molar refractivity (Wildman–Crippen MR) is 86.3 cm³/mol. The molecule has 0 aromatic rings. The van der Waals surface area contributed by atoms with Crippen molar-refractivity contribution in [3.05, 3.63) is 23.8 Å². The van der Waals surface area contributed by atoms with Gasteiger partial charge in [-0.3, -0.25) is 0 Å². The minimum absolute atomic E-state index is 0.147. The summed E-state index contributed by atoms with van der Waals surface area (Å²) in [5.74, 6) is 1.42. The standard InChI is InChI=1S/C18H34O/c1-15(2)9-6-10-16(3)11-7-12-17(4)13-8-14-18(5)19/h7,9,12,16-19H,6,8,10-11,13-14H2,1-5H3/t16-,17+,18-/m1/s1. The van der Waals surface area contributed by atoms with Crippen molar-refractivity contribution in [3.63, 3.8) is 0 Å². The van der Waals surface area contributed by atoms with Crippen molar-refractivity contribution >= 4 is 0 Å². The van der Waals surface area contributed by atoms with Crippen LogP contribution in [0.2, 0.25) is 0 Å². The first-order valence-electron chi connectivity index (χ1n) is 7.90. The predicted octanol–water partition coefficient (Wildman–Crippen LogP) is 5.50. The Morgan fingerprint density at radius 2 is 1.74 bits per heavy atom. The van der Waals surface area contributed by atoms with Gasteiger partial charge in [0.25, 0.3) is 0 Å². The minimum Gasteiger partial charge on any atom is -0.393 e. The molecule has 0 aliphatic rings. The van der Waals surface area contributed by atoms with Crippen LogP contribution in [0.25, 0.3) is 0 Å². The van der Waals surface area contributed by atoms with Crippen LogP contribution in [-0.2, 0) is 0 Å². The zero-order chi connectivity index (χ0) is 14.7. The summed E-state index contributed by atoms with van der Waals surface area (Å²) in [5, 5.41) is 9.21. The molecule has 0 amide bonds. The van der Waals surface area contributed by atoms with Gasteiger partial charge < -0.3 is 5.11 Å². The second kappa shape index (κ2) is 11.3. The molecule has 1 N–H and O–H groups in total. The van der Waals surface area contributed by atoms with E-state index in [1.54, 1.807) is 0 Å². The Bertz CT molecular complexity index is 259. The molecule has 0 fully saturated rings. The Hall–Kier alpha value is -0.560. The molecule has 0 aliphatic carbocycles. The molecule has 0 spiro atoms. The van der Waals surface area contributed by atoms with Crippen molar-refractivity contribution in [1.29, 1.82) is 0 Å². The average molecular weight is 266 g/mol. The van der Waals surface area contributed by atoms with E-state index < -0.39 is 0 Å². The van der Waals surface area contributed by atoms with E-state index >= 15 is 0 Å². The van der Waals surface area contributed by atoms with Gasteiger partial charge in [-0.05, 0) is 64.7 Å². The van der Waals surface area contributed by atoms with Crippen LogP contribution >= 0.6 is 0 Å². The maximum absolute atomic E-state index is 9.21. The summed E-state index contributed by atoms with van der Waals surface area (Å²) >= 11 is 0. The smallest absolute Gasteiger partial charge is 0.0512 e. The maximum atomic E-state index is 9.21. The van der Waals surface area contributed by atoms with Crippen molar-refractivity contribution in [2.75, 3.05) is 0 Å². The van der Waals surface area contributed by atoms with E-state index in [1.165, 1.54) is 31.3 Å². The molecular weight excluding hydrogens is 232 g/mol. The molecule has 19 heavy (non-hydrogen) atoms.